The van der Waals surface area contributed by atoms with Crippen LogP contribution in [-0.4, -0.2) is 11.2 Å². The summed E-state index contributed by atoms with van der Waals surface area (Å²) >= 11 is 0. The molecule has 0 aliphatic rings. The van der Waals surface area contributed by atoms with Crippen molar-refractivity contribution in [2.75, 3.05) is 5.32 Å². The van der Waals surface area contributed by atoms with E-state index in [1.807, 2.05) is 6.07 Å². The molecule has 2 rings (SSSR count). The number of anilines is 1. The fourth-order valence-corrected chi connectivity index (χ4v) is 1.51. The first-order chi connectivity index (χ1) is 9.58. The lowest BCUT2D eigenvalue weighted by Crippen LogP contribution is -2.14. The van der Waals surface area contributed by atoms with Gasteiger partial charge in [-0.2, -0.15) is 0 Å². The maximum Gasteiger partial charge on any atom is 0.412 e. The van der Waals surface area contributed by atoms with E-state index in [4.69, 9.17) is 9.84 Å². The fraction of sp³-hybridized carbons (Fsp3) is 0.0714. The van der Waals surface area contributed by atoms with Gasteiger partial charge in [0.1, 0.15) is 6.61 Å². The summed E-state index contributed by atoms with van der Waals surface area (Å²) in [6, 6.07) is 10.7. The van der Waals surface area contributed by atoms with Gasteiger partial charge in [-0.15, -0.1) is 0 Å². The van der Waals surface area contributed by atoms with Crippen LogP contribution in [0.2, 0.25) is 0 Å². The molecule has 4 nitrogen and oxygen atoms in total. The summed E-state index contributed by atoms with van der Waals surface area (Å²) in [6.45, 7) is 0.0153. The highest BCUT2D eigenvalue weighted by atomic mass is 19.1. The SMILES string of the molecule is O=C(Nc1ccc(F)c(O)c1F)OCc1ccccc1. The molecule has 0 fully saturated rings. The minimum Gasteiger partial charge on any atom is -0.503 e. The van der Waals surface area contributed by atoms with Crippen LogP contribution in [-0.2, 0) is 11.3 Å². The second kappa shape index (κ2) is 6.01. The normalized spacial score (nSPS) is 10.1. The van der Waals surface area contributed by atoms with Crippen molar-refractivity contribution in [2.24, 2.45) is 0 Å². The zero-order chi connectivity index (χ0) is 14.5. The smallest absolute Gasteiger partial charge is 0.412 e. The molecule has 2 aromatic rings. The first-order valence-electron chi connectivity index (χ1n) is 5.72. The highest BCUT2D eigenvalue weighted by molar-refractivity contribution is 5.85. The first-order valence-corrected chi connectivity index (χ1v) is 5.72. The Labute approximate surface area is 113 Å². The molecule has 0 radical (unpaired) electrons. The largest absolute Gasteiger partial charge is 0.503 e. The number of nitrogens with one attached hydrogen (secondary N) is 1. The molecule has 0 heterocycles. The van der Waals surface area contributed by atoms with Crippen molar-refractivity contribution >= 4 is 11.8 Å². The number of benzene rings is 2. The van der Waals surface area contributed by atoms with Crippen molar-refractivity contribution in [3.05, 3.63) is 59.7 Å². The Kier molecular flexibility index (Phi) is 4.14. The first kappa shape index (κ1) is 13.8. The van der Waals surface area contributed by atoms with Crippen LogP contribution in [0.5, 0.6) is 5.75 Å². The van der Waals surface area contributed by atoms with E-state index in [1.54, 1.807) is 24.3 Å². The molecular formula is C14H11F2NO3. The molecule has 1 amide bonds. The van der Waals surface area contributed by atoms with Gasteiger partial charge in [0.2, 0.25) is 0 Å². The van der Waals surface area contributed by atoms with Gasteiger partial charge in [0.25, 0.3) is 0 Å². The Morgan fingerprint density at radius 3 is 2.55 bits per heavy atom. The van der Waals surface area contributed by atoms with Gasteiger partial charge in [0.05, 0.1) is 5.69 Å². The zero-order valence-electron chi connectivity index (χ0n) is 10.3. The van der Waals surface area contributed by atoms with Crippen molar-refractivity contribution in [3.8, 4) is 5.75 Å². The number of amides is 1. The molecule has 104 valence electrons. The van der Waals surface area contributed by atoms with E-state index in [0.717, 1.165) is 17.7 Å². The van der Waals surface area contributed by atoms with Gasteiger partial charge in [-0.05, 0) is 17.7 Å². The lowest BCUT2D eigenvalue weighted by Gasteiger charge is -2.08. The molecule has 6 heteroatoms. The molecule has 2 aromatic carbocycles. The Hall–Kier alpha value is -2.63. The lowest BCUT2D eigenvalue weighted by atomic mass is 10.2. The molecule has 0 saturated heterocycles. The third kappa shape index (κ3) is 3.23. The van der Waals surface area contributed by atoms with Crippen molar-refractivity contribution in [1.82, 2.24) is 0 Å². The minimum atomic E-state index is -1.25. The number of phenols is 1. The van der Waals surface area contributed by atoms with Gasteiger partial charge in [-0.1, -0.05) is 30.3 Å². The van der Waals surface area contributed by atoms with Gasteiger partial charge in [0, 0.05) is 0 Å². The maximum atomic E-state index is 13.4. The van der Waals surface area contributed by atoms with Gasteiger partial charge in [-0.3, -0.25) is 5.32 Å². The highest BCUT2D eigenvalue weighted by Crippen LogP contribution is 2.26. The van der Waals surface area contributed by atoms with Gasteiger partial charge >= 0.3 is 6.09 Å². The quantitative estimate of drug-likeness (QED) is 0.905. The topological polar surface area (TPSA) is 58.6 Å². The number of ether oxygens (including phenoxy) is 1. The summed E-state index contributed by atoms with van der Waals surface area (Å²) < 4.78 is 31.1. The van der Waals surface area contributed by atoms with Crippen LogP contribution in [0.3, 0.4) is 0 Å². The van der Waals surface area contributed by atoms with Gasteiger partial charge in [-0.25, -0.2) is 13.6 Å². The average Bonchev–Trinajstić information content (AvgIpc) is 2.47. The number of hydrogen-bond donors (Lipinski definition) is 2. The predicted molar refractivity (Wildman–Crippen MR) is 68.3 cm³/mol. The van der Waals surface area contributed by atoms with Crippen LogP contribution < -0.4 is 5.32 Å². The third-order valence-electron chi connectivity index (χ3n) is 2.52. The monoisotopic (exact) mass is 279 g/mol. The van der Waals surface area contributed by atoms with Gasteiger partial charge in [0.15, 0.2) is 17.4 Å². The van der Waals surface area contributed by atoms with E-state index in [0.29, 0.717) is 0 Å². The molecule has 0 unspecified atom stereocenters. The van der Waals surface area contributed by atoms with E-state index in [9.17, 15) is 13.6 Å². The van der Waals surface area contributed by atoms with Crippen LogP contribution in [0.4, 0.5) is 19.3 Å². The Morgan fingerprint density at radius 2 is 1.85 bits per heavy atom. The van der Waals surface area contributed by atoms with Crippen molar-refractivity contribution < 1.29 is 23.4 Å². The molecule has 0 saturated carbocycles. The summed E-state index contributed by atoms with van der Waals surface area (Å²) in [5, 5.41) is 11.2. The van der Waals surface area contributed by atoms with Crippen LogP contribution in [0.15, 0.2) is 42.5 Å². The lowest BCUT2D eigenvalue weighted by molar-refractivity contribution is 0.155. The minimum absolute atomic E-state index is 0.0153. The predicted octanol–water partition coefficient (Wildman–Crippen LogP) is 3.42. The zero-order valence-corrected chi connectivity index (χ0v) is 10.3. The summed E-state index contributed by atoms with van der Waals surface area (Å²) in [6.07, 6.45) is -0.904. The molecule has 20 heavy (non-hydrogen) atoms. The molecule has 0 aliphatic carbocycles. The number of hydrogen-bond acceptors (Lipinski definition) is 3. The second-order valence-corrected chi connectivity index (χ2v) is 3.94. The summed E-state index contributed by atoms with van der Waals surface area (Å²) in [4.78, 5) is 11.5. The van der Waals surface area contributed by atoms with E-state index >= 15 is 0 Å². The number of halogens is 2. The van der Waals surface area contributed by atoms with Crippen molar-refractivity contribution in [3.63, 3.8) is 0 Å². The summed E-state index contributed by atoms with van der Waals surface area (Å²) in [7, 11) is 0. The van der Waals surface area contributed by atoms with Crippen LogP contribution in [0.25, 0.3) is 0 Å². The molecule has 0 aliphatic heterocycles. The van der Waals surface area contributed by atoms with Crippen LogP contribution in [0.1, 0.15) is 5.56 Å². The molecular weight excluding hydrogens is 268 g/mol. The Morgan fingerprint density at radius 1 is 1.15 bits per heavy atom. The molecule has 2 N–H and O–H groups in total. The maximum absolute atomic E-state index is 13.4. The number of aromatic hydroxyl groups is 1. The summed E-state index contributed by atoms with van der Waals surface area (Å²) in [5.74, 6) is -3.50. The standard InChI is InChI=1S/C14H11F2NO3/c15-10-6-7-11(12(16)13(10)18)17-14(19)20-8-9-4-2-1-3-5-9/h1-7,18H,8H2,(H,17,19). The third-order valence-corrected chi connectivity index (χ3v) is 2.52. The number of carbonyl (C=O) groups is 1. The molecule has 0 aromatic heterocycles. The number of carbonyl (C=O) groups excluding carboxylic acids is 1. The van der Waals surface area contributed by atoms with Crippen LogP contribution in [0, 0.1) is 11.6 Å². The summed E-state index contributed by atoms with van der Waals surface area (Å²) in [5.41, 5.74) is 0.409. The highest BCUT2D eigenvalue weighted by Gasteiger charge is 2.14. The van der Waals surface area contributed by atoms with E-state index in [2.05, 4.69) is 5.32 Å². The van der Waals surface area contributed by atoms with Gasteiger partial charge < -0.3 is 9.84 Å². The van der Waals surface area contributed by atoms with E-state index in [1.165, 1.54) is 0 Å². The van der Waals surface area contributed by atoms with E-state index < -0.39 is 23.5 Å². The molecule has 0 atom stereocenters. The Bertz CT molecular complexity index is 617. The number of phenolic OH excluding ortho intramolecular Hbond substituents is 1. The molecule has 0 spiro atoms. The average molecular weight is 279 g/mol. The Balaban J connectivity index is 1.97. The van der Waals surface area contributed by atoms with Crippen molar-refractivity contribution in [2.45, 2.75) is 6.61 Å². The van der Waals surface area contributed by atoms with Crippen LogP contribution >= 0.6 is 0 Å². The van der Waals surface area contributed by atoms with E-state index in [-0.39, 0.29) is 12.3 Å². The fourth-order valence-electron chi connectivity index (χ4n) is 1.51. The van der Waals surface area contributed by atoms with Crippen molar-refractivity contribution in [1.29, 1.82) is 0 Å². The second-order valence-electron chi connectivity index (χ2n) is 3.94. The molecule has 0 bridgehead atoms. The number of rotatable bonds is 3.